The fraction of sp³-hybridized carbons (Fsp3) is 0.300. The number of nitrogens with one attached hydrogen (secondary N) is 2. The zero-order chi connectivity index (χ0) is 18.3. The van der Waals surface area contributed by atoms with Crippen LogP contribution in [0.5, 0.6) is 5.75 Å². The lowest BCUT2D eigenvalue weighted by Crippen LogP contribution is -2.25. The fourth-order valence-corrected chi connectivity index (χ4v) is 2.18. The number of hydrogen-bond acceptors (Lipinski definition) is 4. The van der Waals surface area contributed by atoms with Crippen LogP contribution in [0.15, 0.2) is 53.6 Å². The van der Waals surface area contributed by atoms with Gasteiger partial charge < -0.3 is 10.1 Å². The van der Waals surface area contributed by atoms with Gasteiger partial charge in [0, 0.05) is 5.69 Å². The Morgan fingerprint density at radius 3 is 2.28 bits per heavy atom. The van der Waals surface area contributed by atoms with Gasteiger partial charge in [0.2, 0.25) is 0 Å². The number of carbonyl (C=O) groups excluding carboxylic acids is 1. The third-order valence-corrected chi connectivity index (χ3v) is 3.72. The molecule has 132 valence electrons. The number of ether oxygens (including phenoxy) is 1. The van der Waals surface area contributed by atoms with E-state index in [1.165, 1.54) is 5.56 Å². The van der Waals surface area contributed by atoms with E-state index < -0.39 is 0 Å². The summed E-state index contributed by atoms with van der Waals surface area (Å²) in [7, 11) is 1.62. The van der Waals surface area contributed by atoms with Crippen molar-refractivity contribution < 1.29 is 9.53 Å². The Kier molecular flexibility index (Phi) is 6.17. The maximum absolute atomic E-state index is 11.8. The molecule has 5 heteroatoms. The summed E-state index contributed by atoms with van der Waals surface area (Å²) in [5.74, 6) is 0.565. The average molecular weight is 339 g/mol. The second kappa shape index (κ2) is 8.33. The van der Waals surface area contributed by atoms with Crippen LogP contribution in [0.2, 0.25) is 0 Å². The highest BCUT2D eigenvalue weighted by molar-refractivity contribution is 5.84. The van der Waals surface area contributed by atoms with E-state index in [1.807, 2.05) is 36.4 Å². The summed E-state index contributed by atoms with van der Waals surface area (Å²) in [6.45, 7) is 6.66. The van der Waals surface area contributed by atoms with Gasteiger partial charge in [0.1, 0.15) is 5.75 Å². The Hall–Kier alpha value is -2.82. The predicted molar refractivity (Wildman–Crippen MR) is 102 cm³/mol. The van der Waals surface area contributed by atoms with Crippen molar-refractivity contribution in [1.82, 2.24) is 5.43 Å². The second-order valence-electron chi connectivity index (χ2n) is 6.75. The number of carbonyl (C=O) groups is 1. The minimum absolute atomic E-state index is 0.122. The molecule has 1 amide bonds. The van der Waals surface area contributed by atoms with Crippen LogP contribution in [0.1, 0.15) is 31.9 Å². The minimum atomic E-state index is -0.210. The molecule has 0 aliphatic heterocycles. The van der Waals surface area contributed by atoms with Crippen molar-refractivity contribution in [3.05, 3.63) is 59.7 Å². The van der Waals surface area contributed by atoms with Crippen molar-refractivity contribution in [2.45, 2.75) is 26.2 Å². The van der Waals surface area contributed by atoms with Gasteiger partial charge in [-0.3, -0.25) is 4.79 Å². The zero-order valence-electron chi connectivity index (χ0n) is 15.2. The monoisotopic (exact) mass is 339 g/mol. The lowest BCUT2D eigenvalue weighted by Gasteiger charge is -2.18. The second-order valence-corrected chi connectivity index (χ2v) is 6.75. The molecule has 5 nitrogen and oxygen atoms in total. The normalized spacial score (nSPS) is 11.4. The molecule has 25 heavy (non-hydrogen) atoms. The van der Waals surface area contributed by atoms with Crippen LogP contribution in [-0.4, -0.2) is 25.8 Å². The smallest absolute Gasteiger partial charge is 0.259 e. The van der Waals surface area contributed by atoms with Crippen molar-refractivity contribution >= 4 is 17.8 Å². The van der Waals surface area contributed by atoms with Gasteiger partial charge in [-0.15, -0.1) is 0 Å². The molecule has 0 atom stereocenters. The number of hydrazone groups is 1. The molecule has 0 fully saturated rings. The number of benzene rings is 2. The van der Waals surface area contributed by atoms with Gasteiger partial charge in [-0.2, -0.15) is 5.10 Å². The Morgan fingerprint density at radius 2 is 1.72 bits per heavy atom. The first-order valence-electron chi connectivity index (χ1n) is 8.19. The summed E-state index contributed by atoms with van der Waals surface area (Å²) < 4.78 is 5.09. The van der Waals surface area contributed by atoms with Gasteiger partial charge in [0.05, 0.1) is 19.9 Å². The van der Waals surface area contributed by atoms with E-state index in [0.717, 1.165) is 17.0 Å². The maximum Gasteiger partial charge on any atom is 0.259 e. The van der Waals surface area contributed by atoms with E-state index in [2.05, 4.69) is 48.7 Å². The van der Waals surface area contributed by atoms with Crippen molar-refractivity contribution in [3.63, 3.8) is 0 Å². The number of rotatable bonds is 6. The van der Waals surface area contributed by atoms with E-state index in [-0.39, 0.29) is 17.9 Å². The average Bonchev–Trinajstić information content (AvgIpc) is 2.60. The first-order valence-corrected chi connectivity index (χ1v) is 8.19. The van der Waals surface area contributed by atoms with Crippen molar-refractivity contribution in [3.8, 4) is 5.75 Å². The molecule has 0 heterocycles. The van der Waals surface area contributed by atoms with Crippen LogP contribution in [0.4, 0.5) is 5.69 Å². The molecule has 0 radical (unpaired) electrons. The lowest BCUT2D eigenvalue weighted by molar-refractivity contribution is -0.119. The maximum atomic E-state index is 11.8. The molecular weight excluding hydrogens is 314 g/mol. The molecule has 2 N–H and O–H groups in total. The Balaban J connectivity index is 1.79. The summed E-state index contributed by atoms with van der Waals surface area (Å²) in [5, 5.41) is 7.02. The SMILES string of the molecule is COc1ccc(NCC(=O)N/N=C/c2ccc(C(C)(C)C)cc2)cc1. The van der Waals surface area contributed by atoms with Crippen LogP contribution >= 0.6 is 0 Å². The van der Waals surface area contributed by atoms with Crippen molar-refractivity contribution in [2.24, 2.45) is 5.10 Å². The number of amides is 1. The Labute approximate surface area is 149 Å². The molecule has 2 aromatic rings. The number of anilines is 1. The fourth-order valence-electron chi connectivity index (χ4n) is 2.18. The molecule has 0 unspecified atom stereocenters. The highest BCUT2D eigenvalue weighted by Crippen LogP contribution is 2.21. The molecule has 0 spiro atoms. The van der Waals surface area contributed by atoms with Gasteiger partial charge in [0.25, 0.3) is 5.91 Å². The minimum Gasteiger partial charge on any atom is -0.497 e. The first kappa shape index (κ1) is 18.5. The Bertz CT molecular complexity index is 714. The van der Waals surface area contributed by atoms with E-state index in [9.17, 15) is 4.79 Å². The molecule has 0 saturated carbocycles. The van der Waals surface area contributed by atoms with Gasteiger partial charge in [-0.25, -0.2) is 5.43 Å². The quantitative estimate of drug-likeness (QED) is 0.625. The molecule has 0 saturated heterocycles. The first-order chi connectivity index (χ1) is 11.9. The molecule has 2 aromatic carbocycles. The molecule has 0 aliphatic rings. The zero-order valence-corrected chi connectivity index (χ0v) is 15.2. The van der Waals surface area contributed by atoms with E-state index in [1.54, 1.807) is 13.3 Å². The van der Waals surface area contributed by atoms with Crippen molar-refractivity contribution in [1.29, 1.82) is 0 Å². The number of hydrogen-bond donors (Lipinski definition) is 2. The summed E-state index contributed by atoms with van der Waals surface area (Å²) >= 11 is 0. The van der Waals surface area contributed by atoms with Crippen LogP contribution in [0.3, 0.4) is 0 Å². The van der Waals surface area contributed by atoms with Gasteiger partial charge in [-0.1, -0.05) is 45.0 Å². The summed E-state index contributed by atoms with van der Waals surface area (Å²) in [4.78, 5) is 11.8. The highest BCUT2D eigenvalue weighted by Gasteiger charge is 2.12. The molecule has 0 aromatic heterocycles. The van der Waals surface area contributed by atoms with E-state index in [4.69, 9.17) is 4.74 Å². The van der Waals surface area contributed by atoms with Gasteiger partial charge >= 0.3 is 0 Å². The third kappa shape index (κ3) is 5.95. The number of nitrogens with zero attached hydrogens (tertiary/aromatic N) is 1. The standard InChI is InChI=1S/C20H25N3O2/c1-20(2,3)16-7-5-15(6-8-16)13-22-23-19(24)14-21-17-9-11-18(25-4)12-10-17/h5-13,21H,14H2,1-4H3,(H,23,24)/b22-13+. The third-order valence-electron chi connectivity index (χ3n) is 3.72. The summed E-state index contributed by atoms with van der Waals surface area (Å²) in [5.41, 5.74) is 5.68. The topological polar surface area (TPSA) is 62.7 Å². The van der Waals surface area contributed by atoms with Crippen LogP contribution in [0.25, 0.3) is 0 Å². The van der Waals surface area contributed by atoms with E-state index >= 15 is 0 Å². The van der Waals surface area contributed by atoms with Gasteiger partial charge in [0.15, 0.2) is 0 Å². The molecular formula is C20H25N3O2. The highest BCUT2D eigenvalue weighted by atomic mass is 16.5. The van der Waals surface area contributed by atoms with Crippen LogP contribution < -0.4 is 15.5 Å². The summed E-state index contributed by atoms with van der Waals surface area (Å²) in [6, 6.07) is 15.5. The van der Waals surface area contributed by atoms with E-state index in [0.29, 0.717) is 0 Å². The molecule has 0 aliphatic carbocycles. The molecule has 0 bridgehead atoms. The lowest BCUT2D eigenvalue weighted by atomic mass is 9.87. The molecule has 2 rings (SSSR count). The van der Waals surface area contributed by atoms with Gasteiger partial charge in [-0.05, 0) is 40.8 Å². The van der Waals surface area contributed by atoms with Crippen LogP contribution in [0, 0.1) is 0 Å². The summed E-state index contributed by atoms with van der Waals surface area (Å²) in [6.07, 6.45) is 1.64. The number of methoxy groups -OCH3 is 1. The largest absolute Gasteiger partial charge is 0.497 e. The van der Waals surface area contributed by atoms with Crippen molar-refractivity contribution in [2.75, 3.05) is 19.0 Å². The Morgan fingerprint density at radius 1 is 1.08 bits per heavy atom. The predicted octanol–water partition coefficient (Wildman–Crippen LogP) is 3.55. The van der Waals surface area contributed by atoms with Crippen LogP contribution in [-0.2, 0) is 10.2 Å².